The van der Waals surface area contributed by atoms with Gasteiger partial charge in [-0.15, -0.1) is 0 Å². The molecule has 0 N–H and O–H groups in total. The number of benzene rings is 6. The zero-order chi connectivity index (χ0) is 36.0. The Kier molecular flexibility index (Phi) is 6.52. The van der Waals surface area contributed by atoms with Crippen LogP contribution < -0.4 is 0 Å². The molecule has 2 aliphatic rings. The number of aromatic nitrogens is 3. The molecular weight excluding hydrogens is 675 g/mol. The van der Waals surface area contributed by atoms with Crippen molar-refractivity contribution in [2.45, 2.75) is 25.2 Å². The molecule has 0 aliphatic heterocycles. The summed E-state index contributed by atoms with van der Waals surface area (Å²) in [5.74, 6) is 0.821. The number of hydrogen-bond acceptors (Lipinski definition) is 4. The van der Waals surface area contributed by atoms with Gasteiger partial charge in [-0.3, -0.25) is 4.57 Å². The van der Waals surface area contributed by atoms with Gasteiger partial charge in [0, 0.05) is 43.8 Å². The van der Waals surface area contributed by atoms with Crippen LogP contribution in [0.15, 0.2) is 167 Å². The minimum Gasteiger partial charge on any atom is -0.455 e. The topological polar surface area (TPSA) is 57.0 Å². The van der Waals surface area contributed by atoms with Crippen molar-refractivity contribution >= 4 is 87.7 Å². The van der Waals surface area contributed by atoms with E-state index in [1.165, 1.54) is 16.7 Å². The Bertz CT molecular complexity index is 3370. The van der Waals surface area contributed by atoms with E-state index in [0.29, 0.717) is 5.95 Å². The lowest BCUT2D eigenvalue weighted by Gasteiger charge is -2.18. The highest BCUT2D eigenvalue weighted by Crippen LogP contribution is 2.43. The largest absolute Gasteiger partial charge is 0.455 e. The van der Waals surface area contributed by atoms with Gasteiger partial charge in [-0.2, -0.15) is 0 Å². The van der Waals surface area contributed by atoms with E-state index < -0.39 is 0 Å². The van der Waals surface area contributed by atoms with Crippen molar-refractivity contribution in [3.05, 3.63) is 175 Å². The fourth-order valence-electron chi connectivity index (χ4n) is 9.02. The first-order valence-corrected chi connectivity index (χ1v) is 19.1. The Balaban J connectivity index is 1.10. The number of furan rings is 2. The predicted octanol–water partition coefficient (Wildman–Crippen LogP) is 13.4. The van der Waals surface area contributed by atoms with Crippen molar-refractivity contribution in [2.24, 2.45) is 0 Å². The van der Waals surface area contributed by atoms with Crippen LogP contribution in [-0.2, 0) is 0 Å². The minimum atomic E-state index is 0.161. The molecule has 0 spiro atoms. The maximum absolute atomic E-state index is 6.68. The summed E-state index contributed by atoms with van der Waals surface area (Å²) in [5.41, 5.74) is 12.4. The summed E-state index contributed by atoms with van der Waals surface area (Å²) < 4.78 is 15.4. The molecule has 0 saturated carbocycles. The standard InChI is InChI=1S/C50H33N3O2/c1-2-12-30(13-3-1)47-39-18-4-7-21-41(39)51-50(52-47)53-42-27-26-38-36-17-6-9-23-45(36)55-49(38)46(42)40-25-24-32(29-43(40)53)31-14-10-15-33(28-31)34-19-11-20-37-35-16-5-8-22-44(35)54-48(34)37/h1-2,4-12,15-29,31H,3,13-14H2. The van der Waals surface area contributed by atoms with Crippen LogP contribution in [-0.4, -0.2) is 14.5 Å². The Labute approximate surface area is 315 Å². The van der Waals surface area contributed by atoms with Gasteiger partial charge in [-0.1, -0.05) is 121 Å². The quantitative estimate of drug-likeness (QED) is 0.183. The molecule has 55 heavy (non-hydrogen) atoms. The Morgan fingerprint density at radius 1 is 0.618 bits per heavy atom. The van der Waals surface area contributed by atoms with Crippen molar-refractivity contribution in [3.8, 4) is 5.95 Å². The summed E-state index contributed by atoms with van der Waals surface area (Å²) >= 11 is 0. The molecule has 4 heterocycles. The van der Waals surface area contributed by atoms with E-state index in [0.717, 1.165) is 107 Å². The molecule has 0 fully saturated rings. The second-order valence-corrected chi connectivity index (χ2v) is 14.7. The number of allylic oxidation sites excluding steroid dienone is 8. The smallest absolute Gasteiger partial charge is 0.235 e. The van der Waals surface area contributed by atoms with Crippen LogP contribution in [0.4, 0.5) is 0 Å². The van der Waals surface area contributed by atoms with Gasteiger partial charge in [0.05, 0.1) is 27.6 Å². The molecule has 0 saturated heterocycles. The van der Waals surface area contributed by atoms with Crippen molar-refractivity contribution < 1.29 is 8.83 Å². The SMILES string of the molecule is C1=CCCC(c2nc(-n3c4cc(C5C=C(c6cccc7c6oc6ccccc67)C=CC5)ccc4c4c5oc6ccccc6c5ccc43)nc3ccccc23)=C1. The average molecular weight is 708 g/mol. The molecule has 5 nitrogen and oxygen atoms in total. The third-order valence-electron chi connectivity index (χ3n) is 11.6. The van der Waals surface area contributed by atoms with Gasteiger partial charge in [-0.05, 0) is 72.4 Å². The van der Waals surface area contributed by atoms with E-state index in [4.69, 9.17) is 18.8 Å². The van der Waals surface area contributed by atoms with E-state index in [1.54, 1.807) is 0 Å². The van der Waals surface area contributed by atoms with Crippen LogP contribution in [0, 0.1) is 0 Å². The normalized spacial score (nSPS) is 16.0. The van der Waals surface area contributed by atoms with Crippen LogP contribution in [0.1, 0.15) is 42.0 Å². The monoisotopic (exact) mass is 707 g/mol. The maximum Gasteiger partial charge on any atom is 0.235 e. The first kappa shape index (κ1) is 30.5. The molecule has 5 heteroatoms. The summed E-state index contributed by atoms with van der Waals surface area (Å²) in [6, 6.07) is 42.8. The van der Waals surface area contributed by atoms with E-state index in [-0.39, 0.29) is 5.92 Å². The molecule has 260 valence electrons. The van der Waals surface area contributed by atoms with Crippen LogP contribution in [0.3, 0.4) is 0 Å². The summed E-state index contributed by atoms with van der Waals surface area (Å²) in [5, 5.41) is 7.76. The van der Waals surface area contributed by atoms with Crippen molar-refractivity contribution in [1.29, 1.82) is 0 Å². The number of para-hydroxylation sites is 4. The summed E-state index contributed by atoms with van der Waals surface area (Å²) in [7, 11) is 0. The van der Waals surface area contributed by atoms with Crippen molar-refractivity contribution in [2.75, 3.05) is 0 Å². The first-order valence-electron chi connectivity index (χ1n) is 19.1. The molecule has 10 aromatic rings. The summed E-state index contributed by atoms with van der Waals surface area (Å²) in [6.45, 7) is 0. The lowest BCUT2D eigenvalue weighted by Crippen LogP contribution is -2.06. The summed E-state index contributed by atoms with van der Waals surface area (Å²) in [6.07, 6.45) is 16.4. The fraction of sp³-hybridized carbons (Fsp3) is 0.0800. The molecule has 1 unspecified atom stereocenters. The molecule has 4 aromatic heterocycles. The van der Waals surface area contributed by atoms with Crippen LogP contribution in [0.25, 0.3) is 93.7 Å². The minimum absolute atomic E-state index is 0.161. The number of hydrogen-bond donors (Lipinski definition) is 0. The van der Waals surface area contributed by atoms with E-state index in [2.05, 4.69) is 144 Å². The molecular formula is C50H33N3O2. The third kappa shape index (κ3) is 4.59. The van der Waals surface area contributed by atoms with Gasteiger partial charge in [0.25, 0.3) is 0 Å². The third-order valence-corrected chi connectivity index (χ3v) is 11.6. The lowest BCUT2D eigenvalue weighted by molar-refractivity contribution is 0.667. The number of rotatable bonds is 4. The second-order valence-electron chi connectivity index (χ2n) is 14.7. The Hall–Kier alpha value is -6.98. The Morgan fingerprint density at radius 3 is 2.20 bits per heavy atom. The van der Waals surface area contributed by atoms with Gasteiger partial charge < -0.3 is 8.83 Å². The van der Waals surface area contributed by atoms with Crippen molar-refractivity contribution in [3.63, 3.8) is 0 Å². The van der Waals surface area contributed by atoms with Gasteiger partial charge in [0.15, 0.2) is 0 Å². The first-order chi connectivity index (χ1) is 27.3. The molecule has 6 aromatic carbocycles. The van der Waals surface area contributed by atoms with E-state index in [9.17, 15) is 0 Å². The zero-order valence-corrected chi connectivity index (χ0v) is 29.9. The van der Waals surface area contributed by atoms with Gasteiger partial charge in [0.2, 0.25) is 5.95 Å². The van der Waals surface area contributed by atoms with E-state index in [1.807, 2.05) is 18.2 Å². The molecule has 0 radical (unpaired) electrons. The zero-order valence-electron chi connectivity index (χ0n) is 29.9. The van der Waals surface area contributed by atoms with Crippen LogP contribution >= 0.6 is 0 Å². The number of fused-ring (bicyclic) bond motifs is 11. The highest BCUT2D eigenvalue weighted by Gasteiger charge is 2.24. The summed E-state index contributed by atoms with van der Waals surface area (Å²) in [4.78, 5) is 10.7. The fourth-order valence-corrected chi connectivity index (χ4v) is 9.02. The lowest BCUT2D eigenvalue weighted by atomic mass is 9.86. The number of nitrogens with zero attached hydrogens (tertiary/aromatic N) is 3. The van der Waals surface area contributed by atoms with Crippen LogP contribution in [0.5, 0.6) is 0 Å². The van der Waals surface area contributed by atoms with Crippen LogP contribution in [0.2, 0.25) is 0 Å². The Morgan fingerprint density at radius 2 is 1.36 bits per heavy atom. The molecule has 0 bridgehead atoms. The molecule has 1 atom stereocenters. The van der Waals surface area contributed by atoms with Crippen molar-refractivity contribution in [1.82, 2.24) is 14.5 Å². The predicted molar refractivity (Wildman–Crippen MR) is 226 cm³/mol. The van der Waals surface area contributed by atoms with Gasteiger partial charge in [-0.25, -0.2) is 9.97 Å². The second kappa shape index (κ2) is 11.8. The molecule has 2 aliphatic carbocycles. The van der Waals surface area contributed by atoms with Gasteiger partial charge >= 0.3 is 0 Å². The highest BCUT2D eigenvalue weighted by molar-refractivity contribution is 6.24. The highest BCUT2D eigenvalue weighted by atomic mass is 16.3. The molecule has 12 rings (SSSR count). The van der Waals surface area contributed by atoms with Gasteiger partial charge in [0.1, 0.15) is 22.3 Å². The van der Waals surface area contributed by atoms with E-state index >= 15 is 0 Å². The maximum atomic E-state index is 6.68. The average Bonchev–Trinajstić information content (AvgIpc) is 3.93. The molecule has 0 amide bonds.